The van der Waals surface area contributed by atoms with Crippen molar-refractivity contribution in [3.05, 3.63) is 42.2 Å². The van der Waals surface area contributed by atoms with Crippen molar-refractivity contribution in [3.8, 4) is 0 Å². The topological polar surface area (TPSA) is 96.7 Å². The Balaban J connectivity index is 2.09. The Morgan fingerprint density at radius 2 is 2.22 bits per heavy atom. The molecule has 2 rings (SSSR count). The van der Waals surface area contributed by atoms with Crippen LogP contribution in [0.4, 0.5) is 0 Å². The Morgan fingerprint density at radius 3 is 2.83 bits per heavy atom. The fraction of sp³-hybridized carbons (Fsp3) is 0.182. The van der Waals surface area contributed by atoms with Gasteiger partial charge in [-0.3, -0.25) is 15.3 Å². The fourth-order valence-corrected chi connectivity index (χ4v) is 2.44. The van der Waals surface area contributed by atoms with Crippen LogP contribution in [0.1, 0.15) is 11.5 Å². The number of H-pyrrole nitrogens is 1. The molecule has 1 aromatic heterocycles. The Bertz CT molecular complexity index is 487. The highest BCUT2D eigenvalue weighted by atomic mass is 32.2. The van der Waals surface area contributed by atoms with Gasteiger partial charge in [0.15, 0.2) is 5.16 Å². The van der Waals surface area contributed by atoms with E-state index >= 15 is 0 Å². The minimum absolute atomic E-state index is 0.215. The summed E-state index contributed by atoms with van der Waals surface area (Å²) in [6.45, 7) is 0. The van der Waals surface area contributed by atoms with Crippen molar-refractivity contribution in [2.45, 2.75) is 11.1 Å². The molecule has 94 valence electrons. The van der Waals surface area contributed by atoms with Crippen LogP contribution in [-0.2, 0) is 4.79 Å². The van der Waals surface area contributed by atoms with Crippen molar-refractivity contribution < 1.29 is 4.79 Å². The van der Waals surface area contributed by atoms with E-state index < -0.39 is 0 Å². The van der Waals surface area contributed by atoms with Crippen molar-refractivity contribution in [2.75, 3.05) is 5.75 Å². The third-order valence-corrected chi connectivity index (χ3v) is 3.41. The summed E-state index contributed by atoms with van der Waals surface area (Å²) in [6.07, 6.45) is 1.43. The van der Waals surface area contributed by atoms with Crippen molar-refractivity contribution in [3.63, 3.8) is 0 Å². The maximum Gasteiger partial charge on any atom is 0.242 e. The smallest absolute Gasteiger partial charge is 0.242 e. The molecule has 0 aliphatic heterocycles. The standard InChI is InChI=1S/C11H13N5OS/c12-15-10(17)9(8-4-2-1-3-5-8)6-18-11-13-7-14-16-11/h1-5,7,9H,6,12H2,(H,15,17)(H,13,14,16). The summed E-state index contributed by atoms with van der Waals surface area (Å²) in [5, 5.41) is 7.18. The number of aromatic nitrogens is 3. The molecule has 1 atom stereocenters. The van der Waals surface area contributed by atoms with Crippen LogP contribution < -0.4 is 11.3 Å². The highest BCUT2D eigenvalue weighted by Gasteiger charge is 2.20. The first kappa shape index (κ1) is 12.6. The number of benzene rings is 1. The molecule has 6 nitrogen and oxygen atoms in total. The molecule has 0 fully saturated rings. The van der Waals surface area contributed by atoms with Gasteiger partial charge in [-0.15, -0.1) is 0 Å². The highest BCUT2D eigenvalue weighted by Crippen LogP contribution is 2.23. The molecule has 2 aromatic rings. The van der Waals surface area contributed by atoms with Crippen LogP contribution >= 0.6 is 11.8 Å². The van der Waals surface area contributed by atoms with Gasteiger partial charge >= 0.3 is 0 Å². The van der Waals surface area contributed by atoms with E-state index in [1.54, 1.807) is 0 Å². The Morgan fingerprint density at radius 1 is 1.44 bits per heavy atom. The summed E-state index contributed by atoms with van der Waals surface area (Å²) < 4.78 is 0. The number of rotatable bonds is 5. The predicted molar refractivity (Wildman–Crippen MR) is 68.6 cm³/mol. The molecule has 0 saturated carbocycles. The van der Waals surface area contributed by atoms with E-state index in [2.05, 4.69) is 20.6 Å². The number of carbonyl (C=O) groups is 1. The van der Waals surface area contributed by atoms with E-state index in [1.165, 1.54) is 18.1 Å². The number of thioether (sulfide) groups is 1. The molecule has 4 N–H and O–H groups in total. The zero-order valence-electron chi connectivity index (χ0n) is 9.54. The molecule has 0 aliphatic carbocycles. The normalized spacial score (nSPS) is 12.1. The summed E-state index contributed by atoms with van der Waals surface area (Å²) in [5.74, 6) is 5.23. The minimum Gasteiger partial charge on any atom is -0.294 e. The number of nitrogens with zero attached hydrogens (tertiary/aromatic N) is 2. The average molecular weight is 263 g/mol. The summed E-state index contributed by atoms with van der Waals surface area (Å²) in [7, 11) is 0. The van der Waals surface area contributed by atoms with Gasteiger partial charge in [0.1, 0.15) is 6.33 Å². The lowest BCUT2D eigenvalue weighted by Gasteiger charge is -2.14. The minimum atomic E-state index is -0.314. The SMILES string of the molecule is NNC(=O)C(CSc1ncn[nH]1)c1ccccc1. The number of hydrogen-bond donors (Lipinski definition) is 3. The molecule has 1 aromatic carbocycles. The van der Waals surface area contributed by atoms with Gasteiger partial charge in [-0.2, -0.15) is 5.10 Å². The summed E-state index contributed by atoms with van der Waals surface area (Å²) in [4.78, 5) is 15.8. The molecule has 0 saturated heterocycles. The van der Waals surface area contributed by atoms with Gasteiger partial charge in [0.25, 0.3) is 0 Å². The average Bonchev–Trinajstić information content (AvgIpc) is 2.93. The third kappa shape index (κ3) is 3.08. The number of hydrazine groups is 1. The number of hydrogen-bond acceptors (Lipinski definition) is 5. The molecule has 7 heteroatoms. The van der Waals surface area contributed by atoms with Gasteiger partial charge in [0.2, 0.25) is 5.91 Å². The zero-order valence-corrected chi connectivity index (χ0v) is 10.4. The number of aromatic amines is 1. The van der Waals surface area contributed by atoms with E-state index in [4.69, 9.17) is 5.84 Å². The number of nitrogens with one attached hydrogen (secondary N) is 2. The molecule has 0 spiro atoms. The van der Waals surface area contributed by atoms with Crippen LogP contribution in [0.5, 0.6) is 0 Å². The maximum absolute atomic E-state index is 11.8. The molecule has 0 aliphatic rings. The highest BCUT2D eigenvalue weighted by molar-refractivity contribution is 7.99. The molecule has 1 unspecified atom stereocenters. The van der Waals surface area contributed by atoms with Crippen LogP contribution in [0.25, 0.3) is 0 Å². The first-order chi connectivity index (χ1) is 8.81. The largest absolute Gasteiger partial charge is 0.294 e. The van der Waals surface area contributed by atoms with Crippen LogP contribution in [0.3, 0.4) is 0 Å². The molecule has 18 heavy (non-hydrogen) atoms. The molecular weight excluding hydrogens is 250 g/mol. The second kappa shape index (κ2) is 6.18. The van der Waals surface area contributed by atoms with Crippen LogP contribution in [0.15, 0.2) is 41.8 Å². The Kier molecular flexibility index (Phi) is 4.32. The summed E-state index contributed by atoms with van der Waals surface area (Å²) in [6, 6.07) is 9.50. The molecule has 1 heterocycles. The van der Waals surface area contributed by atoms with Gasteiger partial charge in [-0.05, 0) is 5.56 Å². The van der Waals surface area contributed by atoms with E-state index in [0.29, 0.717) is 10.9 Å². The summed E-state index contributed by atoms with van der Waals surface area (Å²) >= 11 is 1.43. The van der Waals surface area contributed by atoms with Crippen LogP contribution in [0.2, 0.25) is 0 Å². The molecular formula is C11H13N5OS. The lowest BCUT2D eigenvalue weighted by atomic mass is 10.0. The predicted octanol–water partition coefficient (Wildman–Crippen LogP) is 0.670. The van der Waals surface area contributed by atoms with Crippen LogP contribution in [0, 0.1) is 0 Å². The zero-order chi connectivity index (χ0) is 12.8. The van der Waals surface area contributed by atoms with E-state index in [0.717, 1.165) is 5.56 Å². The third-order valence-electron chi connectivity index (χ3n) is 2.44. The van der Waals surface area contributed by atoms with Crippen LogP contribution in [-0.4, -0.2) is 26.8 Å². The fourth-order valence-electron chi connectivity index (χ4n) is 1.54. The van der Waals surface area contributed by atoms with Crippen molar-refractivity contribution >= 4 is 17.7 Å². The first-order valence-corrected chi connectivity index (χ1v) is 6.33. The monoisotopic (exact) mass is 263 g/mol. The second-order valence-corrected chi connectivity index (χ2v) is 4.58. The molecule has 1 amide bonds. The lowest BCUT2D eigenvalue weighted by molar-refractivity contribution is -0.122. The quantitative estimate of drug-likeness (QED) is 0.319. The van der Waals surface area contributed by atoms with Gasteiger partial charge in [-0.1, -0.05) is 42.1 Å². The number of amides is 1. The van der Waals surface area contributed by atoms with Gasteiger partial charge in [0.05, 0.1) is 5.92 Å². The molecule has 0 radical (unpaired) electrons. The van der Waals surface area contributed by atoms with Gasteiger partial charge in [0, 0.05) is 5.75 Å². The van der Waals surface area contributed by atoms with E-state index in [-0.39, 0.29) is 11.8 Å². The maximum atomic E-state index is 11.8. The van der Waals surface area contributed by atoms with Crippen molar-refractivity contribution in [1.29, 1.82) is 0 Å². The van der Waals surface area contributed by atoms with Crippen molar-refractivity contribution in [1.82, 2.24) is 20.6 Å². The van der Waals surface area contributed by atoms with E-state index in [1.807, 2.05) is 30.3 Å². The second-order valence-electron chi connectivity index (χ2n) is 3.57. The summed E-state index contributed by atoms with van der Waals surface area (Å²) in [5.41, 5.74) is 3.12. The number of carbonyl (C=O) groups excluding carboxylic acids is 1. The van der Waals surface area contributed by atoms with Gasteiger partial charge in [-0.25, -0.2) is 10.8 Å². The lowest BCUT2D eigenvalue weighted by Crippen LogP contribution is -2.35. The Labute approximate surface area is 108 Å². The van der Waals surface area contributed by atoms with Gasteiger partial charge < -0.3 is 0 Å². The van der Waals surface area contributed by atoms with E-state index in [9.17, 15) is 4.79 Å². The van der Waals surface area contributed by atoms with Crippen molar-refractivity contribution in [2.24, 2.45) is 5.84 Å². The first-order valence-electron chi connectivity index (χ1n) is 5.35. The number of nitrogens with two attached hydrogens (primary N) is 1. The Hall–Kier alpha value is -1.86. The molecule has 0 bridgehead atoms.